The van der Waals surface area contributed by atoms with Gasteiger partial charge in [0.25, 0.3) is 0 Å². The van der Waals surface area contributed by atoms with Crippen molar-refractivity contribution in [2.75, 3.05) is 13.1 Å². The van der Waals surface area contributed by atoms with Gasteiger partial charge in [0, 0.05) is 0 Å². The van der Waals surface area contributed by atoms with E-state index in [2.05, 4.69) is 0 Å². The normalized spacial score (nSPS) is 20.1. The van der Waals surface area contributed by atoms with E-state index in [4.69, 9.17) is 5.84 Å². The molecule has 0 aromatic rings. The van der Waals surface area contributed by atoms with Gasteiger partial charge in [-0.15, -0.1) is 0 Å². The molecule has 0 aromatic heterocycles. The number of β-amino-alcohol motifs (C(OH)–C–C–N with tert-alkyl or cyclic N) is 1. The summed E-state index contributed by atoms with van der Waals surface area (Å²) in [5, 5.41) is 9.66. The van der Waals surface area contributed by atoms with E-state index in [1.54, 1.807) is 0 Å². The van der Waals surface area contributed by atoms with Gasteiger partial charge in [-0.3, -0.25) is 5.43 Å². The molecule has 1 aliphatic heterocycles. The van der Waals surface area contributed by atoms with Gasteiger partial charge < -0.3 is 10.0 Å². The molecule has 0 aromatic carbocycles. The molecule has 1 rings (SSSR count). The fraction of sp³-hybridized carbons (Fsp3) is 0.857. The van der Waals surface area contributed by atoms with Crippen LogP contribution in [0.2, 0.25) is 0 Å². The van der Waals surface area contributed by atoms with Crippen LogP contribution in [-0.2, 0) is 0 Å². The number of aliphatic hydroxyl groups is 1. The van der Waals surface area contributed by atoms with E-state index in [1.165, 1.54) is 4.90 Å². The molecule has 2 amide bonds. The molecule has 5 heteroatoms. The molecule has 4 N–H and O–H groups in total. The van der Waals surface area contributed by atoms with Crippen molar-refractivity contribution >= 4 is 6.03 Å². The Labute approximate surface area is 71.5 Å². The van der Waals surface area contributed by atoms with Crippen LogP contribution < -0.4 is 11.3 Å². The van der Waals surface area contributed by atoms with Gasteiger partial charge in [-0.25, -0.2) is 10.6 Å². The van der Waals surface area contributed by atoms with Crippen molar-refractivity contribution in [3.63, 3.8) is 0 Å². The van der Waals surface area contributed by atoms with Crippen LogP contribution in [0, 0.1) is 0 Å². The van der Waals surface area contributed by atoms with Crippen LogP contribution in [0.4, 0.5) is 4.79 Å². The number of nitrogens with two attached hydrogens (primary N) is 1. The van der Waals surface area contributed by atoms with Gasteiger partial charge in [0.05, 0.1) is 18.7 Å². The SMILES string of the molecule is CCCC1(O)CN(C(=O)NN)C1. The van der Waals surface area contributed by atoms with Crippen molar-refractivity contribution in [1.29, 1.82) is 0 Å². The number of nitrogens with one attached hydrogen (secondary N) is 1. The van der Waals surface area contributed by atoms with Gasteiger partial charge in [0.15, 0.2) is 0 Å². The Kier molecular flexibility index (Phi) is 2.54. The number of carbonyl (C=O) groups excluding carboxylic acids is 1. The Bertz CT molecular complexity index is 177. The molecule has 0 spiro atoms. The summed E-state index contributed by atoms with van der Waals surface area (Å²) in [7, 11) is 0. The number of nitrogens with zero attached hydrogens (tertiary/aromatic N) is 1. The van der Waals surface area contributed by atoms with Crippen molar-refractivity contribution in [3.05, 3.63) is 0 Å². The fourth-order valence-corrected chi connectivity index (χ4v) is 1.52. The number of amides is 2. The summed E-state index contributed by atoms with van der Waals surface area (Å²) < 4.78 is 0. The van der Waals surface area contributed by atoms with Gasteiger partial charge >= 0.3 is 6.03 Å². The van der Waals surface area contributed by atoms with Crippen molar-refractivity contribution in [2.45, 2.75) is 25.4 Å². The van der Waals surface area contributed by atoms with E-state index < -0.39 is 5.60 Å². The number of carbonyl (C=O) groups is 1. The molecule has 1 heterocycles. The van der Waals surface area contributed by atoms with E-state index in [-0.39, 0.29) is 6.03 Å². The molecule has 0 saturated carbocycles. The van der Waals surface area contributed by atoms with Crippen molar-refractivity contribution < 1.29 is 9.90 Å². The predicted octanol–water partition coefficient (Wildman–Crippen LogP) is -0.583. The Hall–Kier alpha value is -0.810. The highest BCUT2D eigenvalue weighted by Gasteiger charge is 2.42. The van der Waals surface area contributed by atoms with Gasteiger partial charge in [-0.05, 0) is 6.42 Å². The summed E-state index contributed by atoms with van der Waals surface area (Å²) in [4.78, 5) is 12.3. The zero-order valence-corrected chi connectivity index (χ0v) is 7.21. The fourth-order valence-electron chi connectivity index (χ4n) is 1.52. The summed E-state index contributed by atoms with van der Waals surface area (Å²) in [5.74, 6) is 4.92. The molecule has 0 aliphatic carbocycles. The van der Waals surface area contributed by atoms with Crippen LogP contribution in [0.15, 0.2) is 0 Å². The minimum Gasteiger partial charge on any atom is -0.386 e. The second-order valence-corrected chi connectivity index (χ2v) is 3.28. The quantitative estimate of drug-likeness (QED) is 0.297. The largest absolute Gasteiger partial charge is 0.386 e. The number of hydrazine groups is 1. The third kappa shape index (κ3) is 1.67. The predicted molar refractivity (Wildman–Crippen MR) is 44.1 cm³/mol. The lowest BCUT2D eigenvalue weighted by Crippen LogP contribution is -2.65. The summed E-state index contributed by atoms with van der Waals surface area (Å²) in [6, 6.07) is -0.323. The molecule has 1 aliphatic rings. The molecule has 5 nitrogen and oxygen atoms in total. The molecule has 1 saturated heterocycles. The van der Waals surface area contributed by atoms with E-state index >= 15 is 0 Å². The van der Waals surface area contributed by atoms with Gasteiger partial charge in [0.2, 0.25) is 0 Å². The summed E-state index contributed by atoms with van der Waals surface area (Å²) in [6.07, 6.45) is 1.66. The van der Waals surface area contributed by atoms with Crippen molar-refractivity contribution in [3.8, 4) is 0 Å². The molecule has 1 fully saturated rings. The zero-order valence-electron chi connectivity index (χ0n) is 7.21. The van der Waals surface area contributed by atoms with Gasteiger partial charge in [-0.1, -0.05) is 13.3 Å². The minimum atomic E-state index is -0.665. The van der Waals surface area contributed by atoms with Crippen LogP contribution >= 0.6 is 0 Å². The number of hydrogen-bond acceptors (Lipinski definition) is 3. The zero-order chi connectivity index (χ0) is 9.19. The molecular formula is C7H15N3O2. The first-order valence-corrected chi connectivity index (χ1v) is 4.09. The van der Waals surface area contributed by atoms with Crippen LogP contribution in [-0.4, -0.2) is 34.7 Å². The second kappa shape index (κ2) is 3.28. The molecule has 70 valence electrons. The van der Waals surface area contributed by atoms with E-state index in [0.29, 0.717) is 13.1 Å². The molecule has 12 heavy (non-hydrogen) atoms. The summed E-state index contributed by atoms with van der Waals surface area (Å²) in [6.45, 7) is 2.79. The maximum absolute atomic E-state index is 10.9. The Morgan fingerprint density at radius 2 is 2.33 bits per heavy atom. The number of likely N-dealkylation sites (tertiary alicyclic amines) is 1. The van der Waals surface area contributed by atoms with E-state index in [1.807, 2.05) is 12.3 Å². The molecule has 0 radical (unpaired) electrons. The third-order valence-electron chi connectivity index (χ3n) is 2.10. The number of rotatable bonds is 2. The minimum absolute atomic E-state index is 0.323. The lowest BCUT2D eigenvalue weighted by atomic mass is 9.90. The second-order valence-electron chi connectivity index (χ2n) is 3.28. The summed E-state index contributed by atoms with van der Waals surface area (Å²) in [5.41, 5.74) is 1.36. The lowest BCUT2D eigenvalue weighted by Gasteiger charge is -2.45. The van der Waals surface area contributed by atoms with E-state index in [0.717, 1.165) is 12.8 Å². The Balaban J connectivity index is 2.31. The number of urea groups is 1. The topological polar surface area (TPSA) is 78.6 Å². The van der Waals surface area contributed by atoms with Crippen molar-refractivity contribution in [2.24, 2.45) is 5.84 Å². The highest BCUT2D eigenvalue weighted by molar-refractivity contribution is 5.74. The van der Waals surface area contributed by atoms with Crippen LogP contribution in [0.1, 0.15) is 19.8 Å². The first-order chi connectivity index (χ1) is 5.61. The molecule has 0 unspecified atom stereocenters. The van der Waals surface area contributed by atoms with Crippen LogP contribution in [0.3, 0.4) is 0 Å². The highest BCUT2D eigenvalue weighted by atomic mass is 16.3. The highest BCUT2D eigenvalue weighted by Crippen LogP contribution is 2.25. The average molecular weight is 173 g/mol. The molecular weight excluding hydrogens is 158 g/mol. The smallest absolute Gasteiger partial charge is 0.331 e. The number of hydrogen-bond donors (Lipinski definition) is 3. The first kappa shape index (κ1) is 9.28. The van der Waals surface area contributed by atoms with Crippen molar-refractivity contribution in [1.82, 2.24) is 10.3 Å². The van der Waals surface area contributed by atoms with Crippen LogP contribution in [0.5, 0.6) is 0 Å². The third-order valence-corrected chi connectivity index (χ3v) is 2.10. The van der Waals surface area contributed by atoms with Gasteiger partial charge in [0.1, 0.15) is 0 Å². The Morgan fingerprint density at radius 1 is 1.75 bits per heavy atom. The monoisotopic (exact) mass is 173 g/mol. The molecule has 0 bridgehead atoms. The van der Waals surface area contributed by atoms with Crippen LogP contribution in [0.25, 0.3) is 0 Å². The maximum atomic E-state index is 10.9. The standard InChI is InChI=1S/C7H15N3O2/c1-2-3-7(12)4-10(5-7)6(11)9-8/h12H,2-5,8H2,1H3,(H,9,11). The lowest BCUT2D eigenvalue weighted by molar-refractivity contribution is -0.0813. The first-order valence-electron chi connectivity index (χ1n) is 4.09. The maximum Gasteiger partial charge on any atom is 0.331 e. The summed E-state index contributed by atoms with van der Waals surface area (Å²) >= 11 is 0. The van der Waals surface area contributed by atoms with Gasteiger partial charge in [-0.2, -0.15) is 0 Å². The average Bonchev–Trinajstić information content (AvgIpc) is 1.99. The Morgan fingerprint density at radius 3 is 2.75 bits per heavy atom. The molecule has 0 atom stereocenters. The van der Waals surface area contributed by atoms with E-state index in [9.17, 15) is 9.90 Å².